The van der Waals surface area contributed by atoms with Crippen molar-refractivity contribution in [1.29, 1.82) is 0 Å². The lowest BCUT2D eigenvalue weighted by Crippen LogP contribution is -2.59. The number of benzene rings is 1. The number of aromatic amines is 1. The second-order valence-corrected chi connectivity index (χ2v) is 6.53. The van der Waals surface area contributed by atoms with Crippen LogP contribution in [0, 0.1) is 0 Å². The van der Waals surface area contributed by atoms with E-state index in [9.17, 15) is 0 Å². The summed E-state index contributed by atoms with van der Waals surface area (Å²) in [4.78, 5) is 8.33. The van der Waals surface area contributed by atoms with E-state index in [0.29, 0.717) is 6.54 Å². The molecule has 0 radical (unpaired) electrons. The number of aromatic nitrogens is 1. The Kier molecular flexibility index (Phi) is 4.02. The summed E-state index contributed by atoms with van der Waals surface area (Å²) in [5.41, 5.74) is 8.79. The monoisotopic (exact) mass is 286 g/mol. The Balaban J connectivity index is 1.83. The number of nitrogens with one attached hydrogen (secondary N) is 1. The first-order valence-electron chi connectivity index (χ1n) is 7.81. The van der Waals surface area contributed by atoms with Gasteiger partial charge in [-0.2, -0.15) is 0 Å². The predicted octanol–water partition coefficient (Wildman–Crippen LogP) is 1.68. The minimum Gasteiger partial charge on any atom is -0.361 e. The van der Waals surface area contributed by atoms with Crippen molar-refractivity contribution in [2.75, 3.05) is 39.8 Å². The number of fused-ring (bicyclic) bond motifs is 1. The first kappa shape index (κ1) is 14.6. The van der Waals surface area contributed by atoms with E-state index in [-0.39, 0.29) is 5.54 Å². The molecule has 114 valence electrons. The fourth-order valence-electron chi connectivity index (χ4n) is 3.35. The summed E-state index contributed by atoms with van der Waals surface area (Å²) in [6.45, 7) is 7.46. The van der Waals surface area contributed by atoms with E-state index in [1.807, 2.05) is 0 Å². The molecule has 1 atom stereocenters. The summed E-state index contributed by atoms with van der Waals surface area (Å²) in [6, 6.07) is 8.51. The molecule has 21 heavy (non-hydrogen) atoms. The van der Waals surface area contributed by atoms with Gasteiger partial charge in [0.15, 0.2) is 0 Å². The van der Waals surface area contributed by atoms with Gasteiger partial charge in [0.25, 0.3) is 0 Å². The molecule has 0 saturated carbocycles. The molecular formula is C17H26N4. The van der Waals surface area contributed by atoms with Crippen LogP contribution in [0.15, 0.2) is 30.5 Å². The summed E-state index contributed by atoms with van der Waals surface area (Å²) in [6.07, 6.45) is 3.14. The molecule has 3 rings (SSSR count). The van der Waals surface area contributed by atoms with Gasteiger partial charge in [0.1, 0.15) is 0 Å². The molecule has 0 bridgehead atoms. The van der Waals surface area contributed by atoms with Gasteiger partial charge in [0.05, 0.1) is 0 Å². The van der Waals surface area contributed by atoms with Gasteiger partial charge < -0.3 is 15.6 Å². The third kappa shape index (κ3) is 2.84. The normalized spacial score (nSPS) is 20.7. The number of hydrogen-bond donors (Lipinski definition) is 2. The van der Waals surface area contributed by atoms with Crippen molar-refractivity contribution in [3.8, 4) is 0 Å². The Morgan fingerprint density at radius 2 is 1.90 bits per heavy atom. The van der Waals surface area contributed by atoms with Gasteiger partial charge in [-0.15, -0.1) is 0 Å². The summed E-state index contributed by atoms with van der Waals surface area (Å²) >= 11 is 0. The van der Waals surface area contributed by atoms with Gasteiger partial charge in [-0.25, -0.2) is 0 Å². The zero-order valence-corrected chi connectivity index (χ0v) is 13.1. The molecule has 1 aliphatic heterocycles. The molecule has 1 aliphatic rings. The number of likely N-dealkylation sites (N-methyl/N-ethyl adjacent to an activating group) is 1. The molecule has 1 saturated heterocycles. The smallest absolute Gasteiger partial charge is 0.0456 e. The van der Waals surface area contributed by atoms with Crippen LogP contribution in [0.5, 0.6) is 0 Å². The number of para-hydroxylation sites is 1. The SMILES string of the molecule is CN1CCN(C(C)(CN)Cc2c[nH]c3ccccc23)CC1. The second kappa shape index (κ2) is 5.79. The van der Waals surface area contributed by atoms with Crippen LogP contribution in [0.25, 0.3) is 10.9 Å². The van der Waals surface area contributed by atoms with E-state index < -0.39 is 0 Å². The van der Waals surface area contributed by atoms with Crippen molar-refractivity contribution < 1.29 is 0 Å². The van der Waals surface area contributed by atoms with E-state index in [0.717, 1.165) is 32.6 Å². The number of rotatable bonds is 4. The fourth-order valence-corrected chi connectivity index (χ4v) is 3.35. The van der Waals surface area contributed by atoms with E-state index in [1.165, 1.54) is 16.5 Å². The Hall–Kier alpha value is -1.36. The molecule has 0 spiro atoms. The van der Waals surface area contributed by atoms with Crippen molar-refractivity contribution in [2.45, 2.75) is 18.9 Å². The van der Waals surface area contributed by atoms with Gasteiger partial charge in [-0.3, -0.25) is 4.90 Å². The van der Waals surface area contributed by atoms with Crippen LogP contribution in [-0.2, 0) is 6.42 Å². The van der Waals surface area contributed by atoms with Crippen LogP contribution in [0.3, 0.4) is 0 Å². The van der Waals surface area contributed by atoms with Crippen LogP contribution in [-0.4, -0.2) is 60.1 Å². The Labute approximate surface area is 126 Å². The van der Waals surface area contributed by atoms with Crippen LogP contribution < -0.4 is 5.73 Å². The van der Waals surface area contributed by atoms with Gasteiger partial charge in [0, 0.05) is 55.4 Å². The lowest BCUT2D eigenvalue weighted by Gasteiger charge is -2.45. The second-order valence-electron chi connectivity index (χ2n) is 6.53. The molecule has 3 N–H and O–H groups in total. The van der Waals surface area contributed by atoms with Crippen molar-refractivity contribution in [3.63, 3.8) is 0 Å². The lowest BCUT2D eigenvalue weighted by atomic mass is 9.90. The van der Waals surface area contributed by atoms with Gasteiger partial charge in [0.2, 0.25) is 0 Å². The highest BCUT2D eigenvalue weighted by molar-refractivity contribution is 5.83. The average Bonchev–Trinajstić information content (AvgIpc) is 2.91. The van der Waals surface area contributed by atoms with Crippen molar-refractivity contribution in [1.82, 2.24) is 14.8 Å². The van der Waals surface area contributed by atoms with E-state index in [2.05, 4.69) is 59.2 Å². The molecule has 1 aromatic carbocycles. The fraction of sp³-hybridized carbons (Fsp3) is 0.529. The molecule has 2 aromatic rings. The quantitative estimate of drug-likeness (QED) is 0.899. The summed E-state index contributed by atoms with van der Waals surface area (Å²) < 4.78 is 0. The molecule has 0 amide bonds. The van der Waals surface area contributed by atoms with Crippen LogP contribution in [0.4, 0.5) is 0 Å². The molecule has 1 fully saturated rings. The number of H-pyrrole nitrogens is 1. The molecule has 2 heterocycles. The Bertz CT molecular complexity index is 598. The largest absolute Gasteiger partial charge is 0.361 e. The van der Waals surface area contributed by atoms with E-state index in [4.69, 9.17) is 5.73 Å². The summed E-state index contributed by atoms with van der Waals surface area (Å²) in [5, 5.41) is 1.33. The molecule has 0 aliphatic carbocycles. The number of nitrogens with two attached hydrogens (primary N) is 1. The third-order valence-electron chi connectivity index (χ3n) is 4.95. The van der Waals surface area contributed by atoms with Crippen molar-refractivity contribution in [2.24, 2.45) is 5.73 Å². The highest BCUT2D eigenvalue weighted by Gasteiger charge is 2.33. The maximum Gasteiger partial charge on any atom is 0.0456 e. The van der Waals surface area contributed by atoms with E-state index in [1.54, 1.807) is 0 Å². The highest BCUT2D eigenvalue weighted by Crippen LogP contribution is 2.26. The van der Waals surface area contributed by atoms with Gasteiger partial charge >= 0.3 is 0 Å². The molecule has 1 aromatic heterocycles. The zero-order valence-electron chi connectivity index (χ0n) is 13.1. The van der Waals surface area contributed by atoms with Gasteiger partial charge in [-0.05, 0) is 32.0 Å². The molecule has 4 nitrogen and oxygen atoms in total. The summed E-state index contributed by atoms with van der Waals surface area (Å²) in [5.74, 6) is 0. The first-order valence-corrected chi connectivity index (χ1v) is 7.81. The minimum atomic E-state index is 0.0340. The minimum absolute atomic E-state index is 0.0340. The molecule has 1 unspecified atom stereocenters. The first-order chi connectivity index (χ1) is 10.1. The third-order valence-corrected chi connectivity index (χ3v) is 4.95. The molecular weight excluding hydrogens is 260 g/mol. The topological polar surface area (TPSA) is 48.3 Å². The predicted molar refractivity (Wildman–Crippen MR) is 88.5 cm³/mol. The average molecular weight is 286 g/mol. The maximum atomic E-state index is 6.17. The molecule has 4 heteroatoms. The number of nitrogens with zero attached hydrogens (tertiary/aromatic N) is 2. The zero-order chi connectivity index (χ0) is 14.9. The van der Waals surface area contributed by atoms with E-state index >= 15 is 0 Å². The number of piperazine rings is 1. The highest BCUT2D eigenvalue weighted by atomic mass is 15.3. The Morgan fingerprint density at radius 3 is 2.62 bits per heavy atom. The number of hydrogen-bond acceptors (Lipinski definition) is 3. The Morgan fingerprint density at radius 1 is 1.19 bits per heavy atom. The van der Waals surface area contributed by atoms with Crippen LogP contribution >= 0.6 is 0 Å². The van der Waals surface area contributed by atoms with Crippen LogP contribution in [0.1, 0.15) is 12.5 Å². The van der Waals surface area contributed by atoms with Crippen molar-refractivity contribution >= 4 is 10.9 Å². The standard InChI is InChI=1S/C17H26N4/c1-17(13-18,21-9-7-20(2)8-10-21)11-14-12-19-16-6-4-3-5-15(14)16/h3-6,12,19H,7-11,13,18H2,1-2H3. The van der Waals surface area contributed by atoms with Gasteiger partial charge in [-0.1, -0.05) is 18.2 Å². The summed E-state index contributed by atoms with van der Waals surface area (Å²) in [7, 11) is 2.19. The maximum absolute atomic E-state index is 6.17. The lowest BCUT2D eigenvalue weighted by molar-refractivity contribution is 0.0561. The van der Waals surface area contributed by atoms with Crippen LogP contribution in [0.2, 0.25) is 0 Å². The van der Waals surface area contributed by atoms with Crippen molar-refractivity contribution in [3.05, 3.63) is 36.0 Å².